The molecule has 2 aliphatic heterocycles. The number of anilines is 1. The molecule has 0 N–H and O–H groups in total. The molecule has 0 spiro atoms. The van der Waals surface area contributed by atoms with Crippen LogP contribution in [0.15, 0.2) is 40.3 Å². The number of aliphatic imine (C=N–C) groups is 2. The van der Waals surface area contributed by atoms with E-state index < -0.39 is 0 Å². The summed E-state index contributed by atoms with van der Waals surface area (Å²) in [5.41, 5.74) is 1.42. The number of amides is 1. The van der Waals surface area contributed by atoms with E-state index in [0.29, 0.717) is 11.0 Å². The molecular formula is C15H17IN4OS. The minimum Gasteiger partial charge on any atom is -0.266 e. The lowest BCUT2D eigenvalue weighted by Gasteiger charge is -2.25. The van der Waals surface area contributed by atoms with Gasteiger partial charge in [0.2, 0.25) is 0 Å². The van der Waals surface area contributed by atoms with Gasteiger partial charge >= 0.3 is 0 Å². The summed E-state index contributed by atoms with van der Waals surface area (Å²) >= 11 is 4.03. The molecule has 2 aliphatic rings. The van der Waals surface area contributed by atoms with Crippen molar-refractivity contribution in [2.24, 2.45) is 9.98 Å². The summed E-state index contributed by atoms with van der Waals surface area (Å²) in [6.07, 6.45) is 0. The van der Waals surface area contributed by atoms with Gasteiger partial charge < -0.3 is 0 Å². The number of carbonyl (C=O) groups excluding carboxylic acids is 1. The fourth-order valence-electron chi connectivity index (χ4n) is 2.44. The Kier molecular flexibility index (Phi) is 4.84. The SMILES string of the molecule is CC1C(=NC2=NCC(CI)S2)C(=O)N(c2ccccc2)N1C. The van der Waals surface area contributed by atoms with Gasteiger partial charge in [-0.25, -0.2) is 15.0 Å². The predicted molar refractivity (Wildman–Crippen MR) is 101 cm³/mol. The second-order valence-electron chi connectivity index (χ2n) is 5.22. The van der Waals surface area contributed by atoms with Crippen molar-refractivity contribution in [1.29, 1.82) is 0 Å². The molecule has 0 bridgehead atoms. The third-order valence-corrected chi connectivity index (χ3v) is 6.52. The lowest BCUT2D eigenvalue weighted by Crippen LogP contribution is -2.38. The number of nitrogens with zero attached hydrogens (tertiary/aromatic N) is 4. The van der Waals surface area contributed by atoms with Crippen molar-refractivity contribution in [3.8, 4) is 0 Å². The number of halogens is 1. The number of hydrogen-bond donors (Lipinski definition) is 0. The zero-order valence-corrected chi connectivity index (χ0v) is 15.4. The van der Waals surface area contributed by atoms with Crippen molar-refractivity contribution in [2.45, 2.75) is 18.2 Å². The average Bonchev–Trinajstić information content (AvgIpc) is 3.07. The van der Waals surface area contributed by atoms with Crippen LogP contribution >= 0.6 is 34.4 Å². The molecule has 0 aliphatic carbocycles. The van der Waals surface area contributed by atoms with Crippen LogP contribution in [0, 0.1) is 0 Å². The van der Waals surface area contributed by atoms with Crippen LogP contribution in [0.25, 0.3) is 0 Å². The summed E-state index contributed by atoms with van der Waals surface area (Å²) in [5.74, 6) is -0.0672. The molecule has 2 unspecified atom stereocenters. The Labute approximate surface area is 148 Å². The molecule has 3 rings (SSSR count). The zero-order valence-electron chi connectivity index (χ0n) is 12.4. The second-order valence-corrected chi connectivity index (χ2v) is 7.36. The van der Waals surface area contributed by atoms with E-state index in [9.17, 15) is 4.79 Å². The van der Waals surface area contributed by atoms with Crippen LogP contribution in [0.1, 0.15) is 6.92 Å². The van der Waals surface area contributed by atoms with Gasteiger partial charge in [0.25, 0.3) is 5.91 Å². The molecule has 2 heterocycles. The van der Waals surface area contributed by atoms with Gasteiger partial charge in [-0.2, -0.15) is 0 Å². The van der Waals surface area contributed by atoms with Crippen molar-refractivity contribution < 1.29 is 4.79 Å². The molecule has 1 amide bonds. The normalized spacial score (nSPS) is 27.8. The first-order chi connectivity index (χ1) is 10.6. The quantitative estimate of drug-likeness (QED) is 0.538. The number of hydrogen-bond acceptors (Lipinski definition) is 5. The van der Waals surface area contributed by atoms with E-state index in [0.717, 1.165) is 21.8 Å². The Morgan fingerprint density at radius 2 is 2.14 bits per heavy atom. The molecule has 2 atom stereocenters. The van der Waals surface area contributed by atoms with Crippen LogP contribution in [0.5, 0.6) is 0 Å². The number of para-hydroxylation sites is 1. The van der Waals surface area contributed by atoms with Crippen LogP contribution < -0.4 is 5.01 Å². The molecule has 1 saturated heterocycles. The number of rotatable bonds is 2. The maximum atomic E-state index is 12.8. The van der Waals surface area contributed by atoms with Gasteiger partial charge in [0.05, 0.1) is 18.3 Å². The summed E-state index contributed by atoms with van der Waals surface area (Å²) in [7, 11) is 1.91. The molecular weight excluding hydrogens is 411 g/mol. The smallest absolute Gasteiger partial charge is 0.266 e. The Hall–Kier alpha value is -0.930. The highest BCUT2D eigenvalue weighted by atomic mass is 127. The van der Waals surface area contributed by atoms with E-state index in [-0.39, 0.29) is 11.9 Å². The molecule has 1 aromatic rings. The Morgan fingerprint density at radius 3 is 2.77 bits per heavy atom. The minimum atomic E-state index is -0.0672. The van der Waals surface area contributed by atoms with Gasteiger partial charge in [0.15, 0.2) is 5.17 Å². The monoisotopic (exact) mass is 428 g/mol. The molecule has 1 aromatic carbocycles. The summed E-state index contributed by atoms with van der Waals surface area (Å²) in [6.45, 7) is 2.79. The molecule has 0 radical (unpaired) electrons. The van der Waals surface area contributed by atoms with E-state index in [1.165, 1.54) is 0 Å². The summed E-state index contributed by atoms with van der Waals surface area (Å²) in [5, 5.41) is 4.82. The first kappa shape index (κ1) is 15.9. The fraction of sp³-hybridized carbons (Fsp3) is 0.400. The Bertz CT molecular complexity index is 634. The van der Waals surface area contributed by atoms with Crippen LogP contribution in [0.4, 0.5) is 5.69 Å². The highest BCUT2D eigenvalue weighted by molar-refractivity contribution is 14.1. The van der Waals surface area contributed by atoms with Gasteiger partial charge in [0, 0.05) is 16.7 Å². The van der Waals surface area contributed by atoms with Crippen molar-refractivity contribution >= 4 is 56.8 Å². The topological polar surface area (TPSA) is 48.3 Å². The van der Waals surface area contributed by atoms with Crippen LogP contribution in [0.2, 0.25) is 0 Å². The first-order valence-electron chi connectivity index (χ1n) is 7.09. The van der Waals surface area contributed by atoms with E-state index in [1.807, 2.05) is 49.3 Å². The summed E-state index contributed by atoms with van der Waals surface area (Å²) < 4.78 is 1.04. The number of alkyl halides is 1. The minimum absolute atomic E-state index is 0.0605. The maximum Gasteiger partial charge on any atom is 0.289 e. The van der Waals surface area contributed by atoms with E-state index >= 15 is 0 Å². The van der Waals surface area contributed by atoms with E-state index in [2.05, 4.69) is 32.6 Å². The summed E-state index contributed by atoms with van der Waals surface area (Å²) in [4.78, 5) is 21.7. The third-order valence-electron chi connectivity index (χ3n) is 3.77. The van der Waals surface area contributed by atoms with Crippen LogP contribution in [-0.4, -0.2) is 51.1 Å². The molecule has 116 valence electrons. The largest absolute Gasteiger partial charge is 0.289 e. The van der Waals surface area contributed by atoms with Gasteiger partial charge in [-0.3, -0.25) is 9.79 Å². The number of carbonyl (C=O) groups is 1. The lowest BCUT2D eigenvalue weighted by molar-refractivity contribution is -0.113. The van der Waals surface area contributed by atoms with Gasteiger partial charge in [-0.15, -0.1) is 0 Å². The summed E-state index contributed by atoms with van der Waals surface area (Å²) in [6, 6.07) is 9.60. The van der Waals surface area contributed by atoms with Gasteiger partial charge in [-0.1, -0.05) is 52.6 Å². The highest BCUT2D eigenvalue weighted by Gasteiger charge is 2.40. The fourth-order valence-corrected chi connectivity index (χ4v) is 4.07. The Balaban J connectivity index is 1.86. The number of thioether (sulfide) groups is 1. The number of amidine groups is 1. The molecule has 1 fully saturated rings. The lowest BCUT2D eigenvalue weighted by atomic mass is 10.2. The van der Waals surface area contributed by atoms with Crippen LogP contribution in [-0.2, 0) is 4.79 Å². The van der Waals surface area contributed by atoms with E-state index in [1.54, 1.807) is 16.8 Å². The highest BCUT2D eigenvalue weighted by Crippen LogP contribution is 2.27. The average molecular weight is 428 g/mol. The van der Waals surface area contributed by atoms with Crippen molar-refractivity contribution in [1.82, 2.24) is 5.01 Å². The molecule has 0 aromatic heterocycles. The maximum absolute atomic E-state index is 12.8. The number of hydrazine groups is 1. The number of benzene rings is 1. The zero-order chi connectivity index (χ0) is 15.7. The second kappa shape index (κ2) is 6.67. The standard InChI is InChI=1S/C15H17IN4OS/c1-10-13(18-15-17-9-12(8-16)22-15)14(21)20(19(10)2)11-6-4-3-5-7-11/h3-7,10,12H,8-9H2,1-2H3. The first-order valence-corrected chi connectivity index (χ1v) is 9.50. The van der Waals surface area contributed by atoms with Crippen molar-refractivity contribution in [3.05, 3.63) is 30.3 Å². The third kappa shape index (κ3) is 2.93. The van der Waals surface area contributed by atoms with Gasteiger partial charge in [0.1, 0.15) is 5.71 Å². The molecule has 7 heteroatoms. The predicted octanol–water partition coefficient (Wildman–Crippen LogP) is 2.62. The van der Waals surface area contributed by atoms with E-state index in [4.69, 9.17) is 0 Å². The molecule has 5 nitrogen and oxygen atoms in total. The van der Waals surface area contributed by atoms with Gasteiger partial charge in [-0.05, 0) is 19.1 Å². The molecule has 22 heavy (non-hydrogen) atoms. The molecule has 0 saturated carbocycles. The van der Waals surface area contributed by atoms with Crippen LogP contribution in [0.3, 0.4) is 0 Å². The Morgan fingerprint density at radius 1 is 1.41 bits per heavy atom. The van der Waals surface area contributed by atoms with Crippen molar-refractivity contribution in [3.63, 3.8) is 0 Å². The van der Waals surface area contributed by atoms with Crippen molar-refractivity contribution in [2.75, 3.05) is 23.0 Å².